The van der Waals surface area contributed by atoms with Crippen LogP contribution in [0.3, 0.4) is 0 Å². The van der Waals surface area contributed by atoms with Crippen LogP contribution >= 0.6 is 11.3 Å². The fourth-order valence-corrected chi connectivity index (χ4v) is 10.2. The minimum absolute atomic E-state index is 0.381. The molecule has 1 heteroatoms. The van der Waals surface area contributed by atoms with Gasteiger partial charge in [0.25, 0.3) is 0 Å². The van der Waals surface area contributed by atoms with Gasteiger partial charge in [0.2, 0.25) is 0 Å². The molecule has 222 valence electrons. The van der Waals surface area contributed by atoms with Crippen LogP contribution in [-0.4, -0.2) is 0 Å². The molecule has 0 aliphatic heterocycles. The molecular formula is C47H28S. The summed E-state index contributed by atoms with van der Waals surface area (Å²) in [4.78, 5) is 0. The van der Waals surface area contributed by atoms with E-state index in [1.54, 1.807) is 0 Å². The Kier molecular flexibility index (Phi) is 5.29. The maximum atomic E-state index is 2.45. The first-order valence-electron chi connectivity index (χ1n) is 16.7. The van der Waals surface area contributed by atoms with Crippen molar-refractivity contribution in [1.82, 2.24) is 0 Å². The van der Waals surface area contributed by atoms with Gasteiger partial charge in [0, 0.05) is 20.2 Å². The predicted molar refractivity (Wildman–Crippen MR) is 204 cm³/mol. The molecule has 1 unspecified atom stereocenters. The van der Waals surface area contributed by atoms with Crippen LogP contribution in [0, 0.1) is 0 Å². The van der Waals surface area contributed by atoms with Crippen LogP contribution in [0.5, 0.6) is 0 Å². The normalized spacial score (nSPS) is 15.6. The fourth-order valence-electron chi connectivity index (χ4n) is 8.95. The number of benzene rings is 8. The minimum atomic E-state index is -0.381. The first-order valence-corrected chi connectivity index (χ1v) is 17.5. The van der Waals surface area contributed by atoms with Gasteiger partial charge < -0.3 is 0 Å². The van der Waals surface area contributed by atoms with Crippen molar-refractivity contribution >= 4 is 42.3 Å². The molecule has 0 radical (unpaired) electrons. The van der Waals surface area contributed by atoms with Crippen molar-refractivity contribution in [3.05, 3.63) is 192 Å². The lowest BCUT2D eigenvalue weighted by Crippen LogP contribution is -2.31. The Morgan fingerprint density at radius 3 is 1.81 bits per heavy atom. The molecule has 11 rings (SSSR count). The van der Waals surface area contributed by atoms with E-state index in [-0.39, 0.29) is 5.41 Å². The quantitative estimate of drug-likeness (QED) is 0.179. The largest absolute Gasteiger partial charge is 0.135 e. The van der Waals surface area contributed by atoms with Crippen molar-refractivity contribution in [2.45, 2.75) is 5.41 Å². The summed E-state index contributed by atoms with van der Waals surface area (Å²) in [6, 6.07) is 63.7. The monoisotopic (exact) mass is 624 g/mol. The highest BCUT2D eigenvalue weighted by Crippen LogP contribution is 2.62. The van der Waals surface area contributed by atoms with E-state index in [4.69, 9.17) is 0 Å². The third kappa shape index (κ3) is 3.34. The van der Waals surface area contributed by atoms with Gasteiger partial charge in [0.1, 0.15) is 0 Å². The van der Waals surface area contributed by atoms with Gasteiger partial charge in [-0.3, -0.25) is 0 Å². The van der Waals surface area contributed by atoms with Crippen molar-refractivity contribution in [2.24, 2.45) is 0 Å². The Morgan fingerprint density at radius 1 is 0.354 bits per heavy atom. The lowest BCUT2D eigenvalue weighted by Gasteiger charge is -2.40. The van der Waals surface area contributed by atoms with E-state index in [0.29, 0.717) is 0 Å². The SMILES string of the molecule is c1cc(-c2ccc3c(c2)-c2ccccc2C32c3ccccc3-c3cccc4cccc2c34)cc(-c2cccc3c2sc2ccccc23)c1. The van der Waals surface area contributed by atoms with Crippen molar-refractivity contribution in [3.8, 4) is 44.5 Å². The molecule has 8 aromatic carbocycles. The summed E-state index contributed by atoms with van der Waals surface area (Å²) in [6.07, 6.45) is 0. The van der Waals surface area contributed by atoms with Gasteiger partial charge in [-0.05, 0) is 95.7 Å². The second-order valence-electron chi connectivity index (χ2n) is 13.2. The number of hydrogen-bond acceptors (Lipinski definition) is 1. The second kappa shape index (κ2) is 9.64. The first kappa shape index (κ1) is 26.3. The average molecular weight is 625 g/mol. The third-order valence-corrected chi connectivity index (χ3v) is 12.1. The summed E-state index contributed by atoms with van der Waals surface area (Å²) in [7, 11) is 0. The predicted octanol–water partition coefficient (Wildman–Crippen LogP) is 12.9. The lowest BCUT2D eigenvalue weighted by atomic mass is 9.61. The average Bonchev–Trinajstić information content (AvgIpc) is 3.68. The Bertz CT molecular complexity index is 2790. The molecule has 9 aromatic rings. The Morgan fingerprint density at radius 2 is 0.938 bits per heavy atom. The zero-order chi connectivity index (χ0) is 31.4. The Balaban J connectivity index is 1.14. The molecule has 0 saturated carbocycles. The number of hydrogen-bond donors (Lipinski definition) is 0. The van der Waals surface area contributed by atoms with Crippen molar-refractivity contribution in [2.75, 3.05) is 0 Å². The molecule has 0 amide bonds. The number of thiophene rings is 1. The van der Waals surface area contributed by atoms with Gasteiger partial charge in [0.15, 0.2) is 0 Å². The lowest BCUT2D eigenvalue weighted by molar-refractivity contribution is 0.773. The highest BCUT2D eigenvalue weighted by Gasteiger charge is 2.49. The van der Waals surface area contributed by atoms with Gasteiger partial charge in [-0.2, -0.15) is 0 Å². The summed E-state index contributed by atoms with van der Waals surface area (Å²) in [6.45, 7) is 0. The van der Waals surface area contributed by atoms with Gasteiger partial charge in [-0.15, -0.1) is 11.3 Å². The van der Waals surface area contributed by atoms with Crippen molar-refractivity contribution < 1.29 is 0 Å². The molecule has 1 heterocycles. The summed E-state index contributed by atoms with van der Waals surface area (Å²) < 4.78 is 2.69. The molecule has 2 aliphatic rings. The van der Waals surface area contributed by atoms with Crippen molar-refractivity contribution in [3.63, 3.8) is 0 Å². The van der Waals surface area contributed by atoms with E-state index in [0.717, 1.165) is 0 Å². The molecule has 48 heavy (non-hydrogen) atoms. The minimum Gasteiger partial charge on any atom is -0.135 e. The molecular weight excluding hydrogens is 597 g/mol. The fraction of sp³-hybridized carbons (Fsp3) is 0.0213. The van der Waals surface area contributed by atoms with E-state index in [1.807, 2.05) is 11.3 Å². The number of rotatable bonds is 2. The standard InChI is InChI=1S/C47H28S/c1-4-21-40-34(15-1)37-19-8-11-29-12-9-23-43(45(29)37)47(40)41-22-5-2-16-35(41)39-28-31(25-26-42(39)47)30-13-7-14-32(27-30)33-18-10-20-38-36-17-3-6-24-44(36)48-46(33)38/h1-28H. The maximum absolute atomic E-state index is 2.45. The van der Waals surface area contributed by atoms with E-state index in [1.165, 1.54) is 97.7 Å². The molecule has 0 bridgehead atoms. The van der Waals surface area contributed by atoms with E-state index in [2.05, 4.69) is 170 Å². The Hall–Kier alpha value is -5.76. The summed E-state index contributed by atoms with van der Waals surface area (Å²) in [5.74, 6) is 0. The van der Waals surface area contributed by atoms with Crippen LogP contribution in [0.25, 0.3) is 75.5 Å². The maximum Gasteiger partial charge on any atom is 0.0725 e. The van der Waals surface area contributed by atoms with Crippen LogP contribution in [0.4, 0.5) is 0 Å². The van der Waals surface area contributed by atoms with Crippen LogP contribution in [-0.2, 0) is 5.41 Å². The molecule has 0 N–H and O–H groups in total. The summed E-state index contributed by atoms with van der Waals surface area (Å²) >= 11 is 1.89. The van der Waals surface area contributed by atoms with Gasteiger partial charge >= 0.3 is 0 Å². The van der Waals surface area contributed by atoms with Gasteiger partial charge in [-0.25, -0.2) is 0 Å². The molecule has 1 spiro atoms. The highest BCUT2D eigenvalue weighted by molar-refractivity contribution is 7.26. The van der Waals surface area contributed by atoms with E-state index >= 15 is 0 Å². The summed E-state index contributed by atoms with van der Waals surface area (Å²) in [5, 5.41) is 5.34. The number of fused-ring (bicyclic) bond motifs is 12. The molecule has 0 fully saturated rings. The molecule has 0 saturated heterocycles. The first-order chi connectivity index (χ1) is 23.8. The van der Waals surface area contributed by atoms with Gasteiger partial charge in [0.05, 0.1) is 5.41 Å². The van der Waals surface area contributed by atoms with Gasteiger partial charge in [-0.1, -0.05) is 152 Å². The van der Waals surface area contributed by atoms with Crippen LogP contribution in [0.1, 0.15) is 22.3 Å². The Labute approximate surface area is 283 Å². The molecule has 1 aromatic heterocycles. The van der Waals surface area contributed by atoms with Crippen LogP contribution < -0.4 is 0 Å². The van der Waals surface area contributed by atoms with E-state index < -0.39 is 0 Å². The van der Waals surface area contributed by atoms with Crippen LogP contribution in [0.15, 0.2) is 170 Å². The van der Waals surface area contributed by atoms with E-state index in [9.17, 15) is 0 Å². The zero-order valence-corrected chi connectivity index (χ0v) is 26.9. The summed E-state index contributed by atoms with van der Waals surface area (Å²) in [5.41, 5.74) is 15.5. The third-order valence-electron chi connectivity index (χ3n) is 10.9. The zero-order valence-electron chi connectivity index (χ0n) is 26.1. The topological polar surface area (TPSA) is 0 Å². The highest BCUT2D eigenvalue weighted by atomic mass is 32.1. The molecule has 1 atom stereocenters. The van der Waals surface area contributed by atoms with Crippen LogP contribution in [0.2, 0.25) is 0 Å². The molecule has 2 aliphatic carbocycles. The van der Waals surface area contributed by atoms with Crippen molar-refractivity contribution in [1.29, 1.82) is 0 Å². The smallest absolute Gasteiger partial charge is 0.0725 e. The second-order valence-corrected chi connectivity index (χ2v) is 14.2. The molecule has 0 nitrogen and oxygen atoms in total.